The highest BCUT2D eigenvalue weighted by Gasteiger charge is 2.17. The number of nitrogens with zero attached hydrogens (tertiary/aromatic N) is 2. The SMILES string of the molecule is CCCCCC(C)(C)CNc1cc(NC)nc(N)n1. The molecular weight excluding hydrogens is 238 g/mol. The molecule has 5 heteroatoms. The van der Waals surface area contributed by atoms with E-state index in [1.165, 1.54) is 25.7 Å². The van der Waals surface area contributed by atoms with Crippen LogP contribution < -0.4 is 16.4 Å². The number of hydrogen-bond donors (Lipinski definition) is 3. The Balaban J connectivity index is 2.53. The highest BCUT2D eigenvalue weighted by Crippen LogP contribution is 2.24. The first kappa shape index (κ1) is 15.5. The van der Waals surface area contributed by atoms with Crippen LogP contribution in [0.25, 0.3) is 0 Å². The van der Waals surface area contributed by atoms with Gasteiger partial charge in [-0.3, -0.25) is 0 Å². The molecule has 1 heterocycles. The van der Waals surface area contributed by atoms with Crippen LogP contribution in [0.3, 0.4) is 0 Å². The van der Waals surface area contributed by atoms with Gasteiger partial charge in [0.25, 0.3) is 0 Å². The molecule has 1 aromatic heterocycles. The van der Waals surface area contributed by atoms with Crippen molar-refractivity contribution in [3.63, 3.8) is 0 Å². The molecule has 0 saturated carbocycles. The zero-order valence-electron chi connectivity index (χ0n) is 12.6. The summed E-state index contributed by atoms with van der Waals surface area (Å²) in [6.45, 7) is 7.67. The van der Waals surface area contributed by atoms with Gasteiger partial charge in [-0.15, -0.1) is 0 Å². The van der Waals surface area contributed by atoms with Gasteiger partial charge in [0.1, 0.15) is 11.6 Å². The second kappa shape index (κ2) is 7.16. The van der Waals surface area contributed by atoms with Crippen LogP contribution in [0, 0.1) is 5.41 Å². The minimum Gasteiger partial charge on any atom is -0.373 e. The molecule has 0 spiro atoms. The summed E-state index contributed by atoms with van der Waals surface area (Å²) in [5.41, 5.74) is 5.93. The monoisotopic (exact) mass is 265 g/mol. The van der Waals surface area contributed by atoms with Crippen molar-refractivity contribution in [2.24, 2.45) is 5.41 Å². The fourth-order valence-corrected chi connectivity index (χ4v) is 1.96. The molecule has 4 N–H and O–H groups in total. The number of anilines is 3. The smallest absolute Gasteiger partial charge is 0.223 e. The Morgan fingerprint density at radius 2 is 1.89 bits per heavy atom. The van der Waals surface area contributed by atoms with E-state index in [9.17, 15) is 0 Å². The van der Waals surface area contributed by atoms with Crippen molar-refractivity contribution in [3.05, 3.63) is 6.07 Å². The Hall–Kier alpha value is -1.52. The third-order valence-electron chi connectivity index (χ3n) is 3.20. The van der Waals surface area contributed by atoms with Crippen LogP contribution in [-0.4, -0.2) is 23.6 Å². The third kappa shape index (κ3) is 5.77. The minimum atomic E-state index is 0.259. The fraction of sp³-hybridized carbons (Fsp3) is 0.714. The summed E-state index contributed by atoms with van der Waals surface area (Å²) >= 11 is 0. The number of nitrogen functional groups attached to an aromatic ring is 1. The summed E-state index contributed by atoms with van der Waals surface area (Å²) in [5, 5.41) is 6.33. The molecule has 0 aromatic carbocycles. The first-order valence-corrected chi connectivity index (χ1v) is 7.03. The van der Waals surface area contributed by atoms with E-state index in [2.05, 4.69) is 41.4 Å². The van der Waals surface area contributed by atoms with E-state index in [1.54, 1.807) is 0 Å². The number of nitrogens with one attached hydrogen (secondary N) is 2. The molecule has 0 aliphatic carbocycles. The molecule has 0 fully saturated rings. The van der Waals surface area contributed by atoms with Gasteiger partial charge in [0.2, 0.25) is 5.95 Å². The number of unbranched alkanes of at least 4 members (excludes halogenated alkanes) is 2. The normalized spacial score (nSPS) is 11.4. The van der Waals surface area contributed by atoms with Gasteiger partial charge in [0.05, 0.1) is 0 Å². The lowest BCUT2D eigenvalue weighted by Gasteiger charge is -2.25. The second-order valence-corrected chi connectivity index (χ2v) is 5.72. The Bertz CT molecular complexity index is 389. The van der Waals surface area contributed by atoms with Crippen LogP contribution in [0.1, 0.15) is 46.5 Å². The third-order valence-corrected chi connectivity index (χ3v) is 3.20. The van der Waals surface area contributed by atoms with Crippen molar-refractivity contribution < 1.29 is 0 Å². The van der Waals surface area contributed by atoms with E-state index in [0.717, 1.165) is 18.2 Å². The quantitative estimate of drug-likeness (QED) is 0.630. The molecule has 19 heavy (non-hydrogen) atoms. The van der Waals surface area contributed by atoms with E-state index in [0.29, 0.717) is 0 Å². The second-order valence-electron chi connectivity index (χ2n) is 5.72. The molecular formula is C14H27N5. The van der Waals surface area contributed by atoms with E-state index in [1.807, 2.05) is 13.1 Å². The largest absolute Gasteiger partial charge is 0.373 e. The van der Waals surface area contributed by atoms with Crippen molar-refractivity contribution in [1.82, 2.24) is 9.97 Å². The number of aromatic nitrogens is 2. The summed E-state index contributed by atoms with van der Waals surface area (Å²) in [5.74, 6) is 1.80. The van der Waals surface area contributed by atoms with Crippen LogP contribution in [0.15, 0.2) is 6.07 Å². The van der Waals surface area contributed by atoms with Crippen molar-refractivity contribution >= 4 is 17.6 Å². The summed E-state index contributed by atoms with van der Waals surface area (Å²) in [6, 6.07) is 1.87. The predicted molar refractivity (Wildman–Crippen MR) is 82.4 cm³/mol. The lowest BCUT2D eigenvalue weighted by Crippen LogP contribution is -2.23. The lowest BCUT2D eigenvalue weighted by atomic mass is 9.87. The van der Waals surface area contributed by atoms with Gasteiger partial charge >= 0.3 is 0 Å². The highest BCUT2D eigenvalue weighted by atomic mass is 15.1. The van der Waals surface area contributed by atoms with Crippen molar-refractivity contribution in [3.8, 4) is 0 Å². The molecule has 0 aliphatic rings. The Labute approximate surface area is 116 Å². The molecule has 0 amide bonds. The lowest BCUT2D eigenvalue weighted by molar-refractivity contribution is 0.342. The van der Waals surface area contributed by atoms with Crippen LogP contribution in [0.5, 0.6) is 0 Å². The van der Waals surface area contributed by atoms with Gasteiger partial charge in [0, 0.05) is 19.7 Å². The van der Waals surface area contributed by atoms with E-state index in [4.69, 9.17) is 5.73 Å². The van der Waals surface area contributed by atoms with Crippen molar-refractivity contribution in [1.29, 1.82) is 0 Å². The van der Waals surface area contributed by atoms with Crippen molar-refractivity contribution in [2.75, 3.05) is 30.0 Å². The number of nitrogens with two attached hydrogens (primary N) is 1. The van der Waals surface area contributed by atoms with E-state index in [-0.39, 0.29) is 11.4 Å². The minimum absolute atomic E-state index is 0.259. The summed E-state index contributed by atoms with van der Waals surface area (Å²) in [7, 11) is 1.82. The molecule has 0 radical (unpaired) electrons. The van der Waals surface area contributed by atoms with Crippen LogP contribution >= 0.6 is 0 Å². The molecule has 5 nitrogen and oxygen atoms in total. The summed E-state index contributed by atoms with van der Waals surface area (Å²) in [6.07, 6.45) is 5.05. The first-order valence-electron chi connectivity index (χ1n) is 7.03. The summed E-state index contributed by atoms with van der Waals surface area (Å²) in [4.78, 5) is 8.27. The summed E-state index contributed by atoms with van der Waals surface area (Å²) < 4.78 is 0. The molecule has 0 aliphatic heterocycles. The van der Waals surface area contributed by atoms with Crippen LogP contribution in [0.2, 0.25) is 0 Å². The molecule has 0 saturated heterocycles. The van der Waals surface area contributed by atoms with Gasteiger partial charge in [-0.05, 0) is 11.8 Å². The molecule has 1 rings (SSSR count). The van der Waals surface area contributed by atoms with Gasteiger partial charge in [-0.25, -0.2) is 0 Å². The zero-order valence-corrected chi connectivity index (χ0v) is 12.6. The van der Waals surface area contributed by atoms with Gasteiger partial charge in [-0.1, -0.05) is 40.0 Å². The molecule has 0 unspecified atom stereocenters. The fourth-order valence-electron chi connectivity index (χ4n) is 1.96. The maximum atomic E-state index is 5.67. The Kier molecular flexibility index (Phi) is 5.86. The first-order chi connectivity index (χ1) is 8.96. The van der Waals surface area contributed by atoms with Gasteiger partial charge in [0.15, 0.2) is 0 Å². The average Bonchev–Trinajstić information content (AvgIpc) is 2.36. The van der Waals surface area contributed by atoms with Crippen LogP contribution in [-0.2, 0) is 0 Å². The van der Waals surface area contributed by atoms with Crippen LogP contribution in [0.4, 0.5) is 17.6 Å². The predicted octanol–water partition coefficient (Wildman–Crippen LogP) is 3.12. The standard InChI is InChI=1S/C14H27N5/c1-5-6-7-8-14(2,3)10-17-12-9-11(16-4)18-13(15)19-12/h9H,5-8,10H2,1-4H3,(H4,15,16,17,18,19). The Morgan fingerprint density at radius 3 is 2.53 bits per heavy atom. The molecule has 108 valence electrons. The molecule has 0 atom stereocenters. The van der Waals surface area contributed by atoms with Crippen molar-refractivity contribution in [2.45, 2.75) is 46.5 Å². The topological polar surface area (TPSA) is 75.9 Å². The average molecular weight is 265 g/mol. The zero-order chi connectivity index (χ0) is 14.3. The Morgan fingerprint density at radius 1 is 1.21 bits per heavy atom. The number of rotatable bonds is 8. The number of hydrogen-bond acceptors (Lipinski definition) is 5. The van der Waals surface area contributed by atoms with Gasteiger partial charge < -0.3 is 16.4 Å². The molecule has 1 aromatic rings. The van der Waals surface area contributed by atoms with E-state index >= 15 is 0 Å². The molecule has 0 bridgehead atoms. The maximum absolute atomic E-state index is 5.67. The highest BCUT2D eigenvalue weighted by molar-refractivity contribution is 5.50. The van der Waals surface area contributed by atoms with Gasteiger partial charge in [-0.2, -0.15) is 9.97 Å². The van der Waals surface area contributed by atoms with E-state index < -0.39 is 0 Å². The maximum Gasteiger partial charge on any atom is 0.223 e.